The zero-order chi connectivity index (χ0) is 24.7. The van der Waals surface area contributed by atoms with E-state index in [-0.39, 0.29) is 11.3 Å². The molecule has 1 saturated carbocycles. The first-order chi connectivity index (χ1) is 15.3. The molecule has 0 saturated heterocycles. The molecular weight excluding hydrogens is 547 g/mol. The number of primary amides is 1. The van der Waals surface area contributed by atoms with Gasteiger partial charge in [0, 0.05) is 11.5 Å². The lowest BCUT2D eigenvalue weighted by atomic mass is 9.54. The van der Waals surface area contributed by atoms with Crippen molar-refractivity contribution in [1.29, 1.82) is 0 Å². The van der Waals surface area contributed by atoms with E-state index in [2.05, 4.69) is 0 Å². The Morgan fingerprint density at radius 1 is 1.18 bits per heavy atom. The number of ketones is 2. The Bertz CT molecular complexity index is 1190. The van der Waals surface area contributed by atoms with Gasteiger partial charge in [-0.05, 0) is 54.2 Å². The molecule has 1 aromatic carbocycles. The first kappa shape index (κ1) is 23.7. The zero-order valence-electron chi connectivity index (χ0n) is 17.9. The van der Waals surface area contributed by atoms with Gasteiger partial charge in [-0.3, -0.25) is 19.3 Å². The second-order valence-electron chi connectivity index (χ2n) is 8.91. The van der Waals surface area contributed by atoms with E-state index in [1.807, 2.05) is 22.6 Å². The number of phenols is 1. The third kappa shape index (κ3) is 2.85. The number of benzene rings is 1. The maximum atomic E-state index is 13.7. The Hall–Kier alpha value is -2.48. The van der Waals surface area contributed by atoms with Crippen molar-refractivity contribution in [1.82, 2.24) is 4.90 Å². The number of rotatable bonds is 2. The second kappa shape index (κ2) is 7.52. The second-order valence-corrected chi connectivity index (χ2v) is 10.1. The van der Waals surface area contributed by atoms with Crippen molar-refractivity contribution in [3.05, 3.63) is 43.7 Å². The minimum absolute atomic E-state index is 0.0158. The van der Waals surface area contributed by atoms with Crippen LogP contribution in [0.4, 0.5) is 0 Å². The zero-order valence-corrected chi connectivity index (χ0v) is 20.1. The van der Waals surface area contributed by atoms with Crippen LogP contribution in [-0.4, -0.2) is 79.7 Å². The minimum Gasteiger partial charge on any atom is -0.508 e. The number of nitrogens with zero attached hydrogens (tertiary/aromatic N) is 1. The molecular formula is C22H23IN2O8. The van der Waals surface area contributed by atoms with E-state index in [1.165, 1.54) is 19.0 Å². The number of nitrogens with two attached hydrogens (primary N) is 1. The molecule has 176 valence electrons. The van der Waals surface area contributed by atoms with Crippen LogP contribution < -0.4 is 5.73 Å². The third-order valence-corrected chi connectivity index (χ3v) is 7.95. The number of hydrogen-bond donors (Lipinski definition) is 6. The molecule has 1 amide bonds. The van der Waals surface area contributed by atoms with Gasteiger partial charge in [-0.25, -0.2) is 0 Å². The van der Waals surface area contributed by atoms with Crippen LogP contribution >= 0.6 is 22.6 Å². The van der Waals surface area contributed by atoms with E-state index in [0.717, 1.165) is 0 Å². The fourth-order valence-electron chi connectivity index (χ4n) is 5.59. The summed E-state index contributed by atoms with van der Waals surface area (Å²) in [5.41, 5.74) is 1.49. The fraction of sp³-hybridized carbons (Fsp3) is 0.409. The van der Waals surface area contributed by atoms with Gasteiger partial charge >= 0.3 is 0 Å². The minimum atomic E-state index is -2.90. The van der Waals surface area contributed by atoms with Gasteiger partial charge < -0.3 is 31.3 Å². The number of aliphatic hydroxyl groups excluding tert-OH is 3. The van der Waals surface area contributed by atoms with E-state index in [1.54, 1.807) is 19.1 Å². The number of carbonyl (C=O) groups is 3. The summed E-state index contributed by atoms with van der Waals surface area (Å²) < 4.78 is 0.402. The maximum Gasteiger partial charge on any atom is 0.255 e. The van der Waals surface area contributed by atoms with Crippen LogP contribution in [0.5, 0.6) is 5.75 Å². The van der Waals surface area contributed by atoms with Gasteiger partial charge in [-0.2, -0.15) is 0 Å². The van der Waals surface area contributed by atoms with Crippen molar-refractivity contribution in [2.75, 3.05) is 14.1 Å². The standard InChI is InChI=1S/C22H23IN2O8/c1-6-7-4-5-8(23)15(26)10(7)16(27)11-9(6)17(28)13-14(25(2)3)18(29)12(21(24)32)20(31)22(13,33)19(11)30/h4-6,9,13-14,17,26-28,31,33H,1-3H3,(H2,24,32)/t6-,9+,13+,14-,17-,22-/m1/s1. The molecule has 0 aliphatic heterocycles. The van der Waals surface area contributed by atoms with Crippen LogP contribution in [0.1, 0.15) is 24.0 Å². The number of carbonyl (C=O) groups excluding carboxylic acids is 3. The van der Waals surface area contributed by atoms with Gasteiger partial charge in [0.25, 0.3) is 5.91 Å². The summed E-state index contributed by atoms with van der Waals surface area (Å²) in [7, 11) is 2.92. The molecule has 4 rings (SSSR count). The van der Waals surface area contributed by atoms with E-state index in [4.69, 9.17) is 5.73 Å². The largest absolute Gasteiger partial charge is 0.508 e. The summed E-state index contributed by atoms with van der Waals surface area (Å²) in [5, 5.41) is 55.4. The smallest absolute Gasteiger partial charge is 0.255 e. The number of phenolic OH excluding ortho intramolecular Hbond substituents is 1. The number of aromatic hydroxyl groups is 1. The van der Waals surface area contributed by atoms with Crippen LogP contribution in [0.3, 0.4) is 0 Å². The van der Waals surface area contributed by atoms with Gasteiger partial charge in [0.1, 0.15) is 22.8 Å². The van der Waals surface area contributed by atoms with Crippen molar-refractivity contribution < 1.29 is 39.9 Å². The lowest BCUT2D eigenvalue weighted by Crippen LogP contribution is -2.70. The third-order valence-electron chi connectivity index (χ3n) is 7.08. The molecule has 0 bridgehead atoms. The molecule has 0 unspecified atom stereocenters. The summed E-state index contributed by atoms with van der Waals surface area (Å²) in [6.45, 7) is 1.68. The fourth-order valence-corrected chi connectivity index (χ4v) is 6.04. The predicted molar refractivity (Wildman–Crippen MR) is 123 cm³/mol. The molecule has 0 heterocycles. The number of halogens is 1. The Morgan fingerprint density at radius 3 is 2.33 bits per heavy atom. The number of hydrogen-bond acceptors (Lipinski definition) is 9. The molecule has 3 aliphatic carbocycles. The summed E-state index contributed by atoms with van der Waals surface area (Å²) in [4.78, 5) is 40.1. The molecule has 1 fully saturated rings. The highest BCUT2D eigenvalue weighted by molar-refractivity contribution is 14.1. The van der Waals surface area contributed by atoms with Crippen molar-refractivity contribution in [3.63, 3.8) is 0 Å². The molecule has 0 aromatic heterocycles. The van der Waals surface area contributed by atoms with E-state index >= 15 is 0 Å². The van der Waals surface area contributed by atoms with Gasteiger partial charge in [0.15, 0.2) is 11.4 Å². The number of aliphatic hydroxyl groups is 4. The molecule has 3 aliphatic rings. The topological polar surface area (TPSA) is 182 Å². The Morgan fingerprint density at radius 2 is 1.79 bits per heavy atom. The van der Waals surface area contributed by atoms with Crippen molar-refractivity contribution in [2.45, 2.75) is 30.6 Å². The van der Waals surface area contributed by atoms with E-state index in [0.29, 0.717) is 9.13 Å². The van der Waals surface area contributed by atoms with Gasteiger partial charge in [0.05, 0.1) is 27.2 Å². The predicted octanol–water partition coefficient (Wildman–Crippen LogP) is 0.100. The average molecular weight is 570 g/mol. The number of Topliss-reactive ketones (excluding diaryl/α,β-unsaturated/α-hetero) is 2. The van der Waals surface area contributed by atoms with Crippen LogP contribution in [0, 0.1) is 15.4 Å². The van der Waals surface area contributed by atoms with Crippen molar-refractivity contribution in [3.8, 4) is 5.75 Å². The van der Waals surface area contributed by atoms with Gasteiger partial charge in [0.2, 0.25) is 5.78 Å². The Labute approximate surface area is 202 Å². The molecule has 33 heavy (non-hydrogen) atoms. The summed E-state index contributed by atoms with van der Waals surface area (Å²) in [5.74, 6) is -8.85. The number of fused-ring (bicyclic) bond motifs is 3. The molecule has 0 radical (unpaired) electrons. The van der Waals surface area contributed by atoms with Crippen molar-refractivity contribution >= 4 is 45.8 Å². The number of amides is 1. The molecule has 10 nitrogen and oxygen atoms in total. The Kier molecular flexibility index (Phi) is 5.39. The first-order valence-electron chi connectivity index (χ1n) is 10.1. The van der Waals surface area contributed by atoms with Gasteiger partial charge in [-0.15, -0.1) is 0 Å². The number of likely N-dealkylation sites (N-methyl/N-ethyl adjacent to an activating group) is 1. The highest BCUT2D eigenvalue weighted by atomic mass is 127. The Balaban J connectivity index is 2.07. The summed E-state index contributed by atoms with van der Waals surface area (Å²) in [6.07, 6.45) is -1.60. The normalized spacial score (nSPS) is 33.7. The highest BCUT2D eigenvalue weighted by Crippen LogP contribution is 2.56. The molecule has 11 heteroatoms. The van der Waals surface area contributed by atoms with Crippen LogP contribution in [0.2, 0.25) is 0 Å². The maximum absolute atomic E-state index is 13.7. The highest BCUT2D eigenvalue weighted by Gasteiger charge is 2.68. The molecule has 6 atom stereocenters. The SMILES string of the molecule is C[C@@H]1c2ccc(I)c(O)c2C(O)=C2C(=O)[C@@]3(O)C(O)=C(C(N)=O)C(=O)[C@H](N(C)C)[C@H]3[C@H](O)[C@H]21. The van der Waals surface area contributed by atoms with E-state index < -0.39 is 75.6 Å². The summed E-state index contributed by atoms with van der Waals surface area (Å²) >= 11 is 1.85. The van der Waals surface area contributed by atoms with E-state index in [9.17, 15) is 39.9 Å². The van der Waals surface area contributed by atoms with Crippen LogP contribution in [0.25, 0.3) is 5.76 Å². The monoisotopic (exact) mass is 570 g/mol. The molecule has 7 N–H and O–H groups in total. The van der Waals surface area contributed by atoms with Crippen LogP contribution in [0.15, 0.2) is 29.0 Å². The van der Waals surface area contributed by atoms with Crippen LogP contribution in [-0.2, 0) is 14.4 Å². The lowest BCUT2D eigenvalue weighted by Gasteiger charge is -2.53. The van der Waals surface area contributed by atoms with Crippen molar-refractivity contribution in [2.24, 2.45) is 17.6 Å². The lowest BCUT2D eigenvalue weighted by molar-refractivity contribution is -0.169. The first-order valence-corrected chi connectivity index (χ1v) is 11.2. The summed E-state index contributed by atoms with van der Waals surface area (Å²) in [6, 6.07) is 1.91. The quantitative estimate of drug-likeness (QED) is 0.212. The molecule has 0 spiro atoms. The molecule has 1 aromatic rings. The van der Waals surface area contributed by atoms with Gasteiger partial charge in [-0.1, -0.05) is 13.0 Å². The average Bonchev–Trinajstić information content (AvgIpc) is 2.72.